The van der Waals surface area contributed by atoms with Crippen LogP contribution in [0.25, 0.3) is 17.4 Å². The maximum Gasteiger partial charge on any atom is 0.297 e. The zero-order valence-electron chi connectivity index (χ0n) is 14.4. The van der Waals surface area contributed by atoms with E-state index in [4.69, 9.17) is 33.5 Å². The number of para-hydroxylation sites is 1. The standard InChI is InChI=1S/C17H18Cl2N6O/c1-9(2)14-21-13(15-22-16(24-26-15)17(20)7-4-8-17)23-25(14)12-10(18)5-3-6-11(12)19/h3,5-6,9H,4,7-8,20H2,1-2H3. The van der Waals surface area contributed by atoms with Crippen LogP contribution in [0.4, 0.5) is 0 Å². The average molecular weight is 393 g/mol. The lowest BCUT2D eigenvalue weighted by molar-refractivity contribution is 0.229. The molecule has 1 saturated carbocycles. The summed E-state index contributed by atoms with van der Waals surface area (Å²) in [4.78, 5) is 8.99. The number of rotatable bonds is 4. The fourth-order valence-electron chi connectivity index (χ4n) is 2.94. The summed E-state index contributed by atoms with van der Waals surface area (Å²) in [7, 11) is 0. The summed E-state index contributed by atoms with van der Waals surface area (Å²) in [5.74, 6) is 1.84. The van der Waals surface area contributed by atoms with Crippen molar-refractivity contribution in [2.75, 3.05) is 0 Å². The molecular weight excluding hydrogens is 375 g/mol. The van der Waals surface area contributed by atoms with Crippen LogP contribution in [0, 0.1) is 0 Å². The molecule has 0 saturated heterocycles. The molecule has 1 aromatic carbocycles. The molecule has 0 spiro atoms. The number of benzene rings is 1. The monoisotopic (exact) mass is 392 g/mol. The van der Waals surface area contributed by atoms with Gasteiger partial charge in [0.1, 0.15) is 11.5 Å². The van der Waals surface area contributed by atoms with Crippen molar-refractivity contribution in [1.82, 2.24) is 24.9 Å². The molecule has 2 N–H and O–H groups in total. The number of hydrogen-bond donors (Lipinski definition) is 1. The van der Waals surface area contributed by atoms with E-state index < -0.39 is 5.54 Å². The van der Waals surface area contributed by atoms with E-state index in [1.165, 1.54) is 0 Å². The van der Waals surface area contributed by atoms with E-state index in [0.29, 0.717) is 33.2 Å². The van der Waals surface area contributed by atoms with E-state index in [1.807, 2.05) is 13.8 Å². The molecule has 26 heavy (non-hydrogen) atoms. The highest BCUT2D eigenvalue weighted by atomic mass is 35.5. The Morgan fingerprint density at radius 1 is 1.19 bits per heavy atom. The van der Waals surface area contributed by atoms with Crippen LogP contribution in [0.5, 0.6) is 0 Å². The van der Waals surface area contributed by atoms with Gasteiger partial charge in [-0.15, -0.1) is 5.10 Å². The van der Waals surface area contributed by atoms with E-state index >= 15 is 0 Å². The maximum atomic E-state index is 6.35. The van der Waals surface area contributed by atoms with Gasteiger partial charge in [-0.05, 0) is 31.4 Å². The van der Waals surface area contributed by atoms with Crippen molar-refractivity contribution in [3.05, 3.63) is 39.9 Å². The molecule has 2 heterocycles. The normalized spacial score (nSPS) is 16.1. The highest BCUT2D eigenvalue weighted by Crippen LogP contribution is 2.38. The van der Waals surface area contributed by atoms with Gasteiger partial charge in [-0.25, -0.2) is 9.67 Å². The van der Waals surface area contributed by atoms with E-state index in [1.54, 1.807) is 22.9 Å². The minimum atomic E-state index is -0.503. The van der Waals surface area contributed by atoms with E-state index in [0.717, 1.165) is 19.3 Å². The van der Waals surface area contributed by atoms with Crippen LogP contribution in [0.1, 0.15) is 50.7 Å². The van der Waals surface area contributed by atoms with Gasteiger partial charge in [0.15, 0.2) is 5.82 Å². The molecule has 9 heteroatoms. The summed E-state index contributed by atoms with van der Waals surface area (Å²) < 4.78 is 7.01. The maximum absolute atomic E-state index is 6.35. The molecule has 0 atom stereocenters. The summed E-state index contributed by atoms with van der Waals surface area (Å²) in [6.07, 6.45) is 2.76. The predicted molar refractivity (Wildman–Crippen MR) is 98.5 cm³/mol. The van der Waals surface area contributed by atoms with Crippen molar-refractivity contribution < 1.29 is 4.52 Å². The first-order valence-electron chi connectivity index (χ1n) is 8.44. The van der Waals surface area contributed by atoms with Gasteiger partial charge in [-0.2, -0.15) is 4.98 Å². The minimum Gasteiger partial charge on any atom is -0.330 e. The highest BCUT2D eigenvalue weighted by Gasteiger charge is 2.39. The van der Waals surface area contributed by atoms with Gasteiger partial charge in [0, 0.05) is 5.92 Å². The smallest absolute Gasteiger partial charge is 0.297 e. The van der Waals surface area contributed by atoms with Gasteiger partial charge >= 0.3 is 0 Å². The van der Waals surface area contributed by atoms with Crippen LogP contribution < -0.4 is 5.73 Å². The molecule has 0 aliphatic heterocycles. The lowest BCUT2D eigenvalue weighted by Crippen LogP contribution is -2.44. The van der Waals surface area contributed by atoms with E-state index in [9.17, 15) is 0 Å². The van der Waals surface area contributed by atoms with Gasteiger partial charge in [-0.3, -0.25) is 0 Å². The van der Waals surface area contributed by atoms with Crippen molar-refractivity contribution in [1.29, 1.82) is 0 Å². The van der Waals surface area contributed by atoms with Crippen LogP contribution in [-0.4, -0.2) is 24.9 Å². The molecule has 0 unspecified atom stereocenters. The average Bonchev–Trinajstić information content (AvgIpc) is 3.19. The van der Waals surface area contributed by atoms with E-state index in [2.05, 4.69) is 20.2 Å². The summed E-state index contributed by atoms with van der Waals surface area (Å²) in [5.41, 5.74) is 6.34. The number of halogens is 2. The number of hydrogen-bond acceptors (Lipinski definition) is 6. The van der Waals surface area contributed by atoms with Gasteiger partial charge in [0.2, 0.25) is 5.82 Å². The SMILES string of the molecule is CC(C)c1nc(-c2nc(C3(N)CCC3)no2)nn1-c1c(Cl)cccc1Cl. The van der Waals surface area contributed by atoms with Crippen molar-refractivity contribution in [3.63, 3.8) is 0 Å². The number of nitrogens with two attached hydrogens (primary N) is 1. The quantitative estimate of drug-likeness (QED) is 0.718. The largest absolute Gasteiger partial charge is 0.330 e. The van der Waals surface area contributed by atoms with Crippen LogP contribution in [0.2, 0.25) is 10.0 Å². The Kier molecular flexibility index (Phi) is 4.25. The van der Waals surface area contributed by atoms with Crippen LogP contribution >= 0.6 is 23.2 Å². The molecule has 2 aromatic heterocycles. The first-order valence-corrected chi connectivity index (χ1v) is 9.19. The molecule has 136 valence electrons. The molecule has 1 aliphatic carbocycles. The van der Waals surface area contributed by atoms with Crippen molar-refractivity contribution >= 4 is 23.2 Å². The van der Waals surface area contributed by atoms with Gasteiger partial charge in [0.25, 0.3) is 5.89 Å². The highest BCUT2D eigenvalue weighted by molar-refractivity contribution is 6.37. The first kappa shape index (κ1) is 17.5. The van der Waals surface area contributed by atoms with Gasteiger partial charge in [-0.1, -0.05) is 48.3 Å². The number of aromatic nitrogens is 5. The van der Waals surface area contributed by atoms with Crippen molar-refractivity contribution in [2.45, 2.75) is 44.6 Å². The Balaban J connectivity index is 1.80. The lowest BCUT2D eigenvalue weighted by atomic mass is 9.77. The lowest BCUT2D eigenvalue weighted by Gasteiger charge is -2.34. The van der Waals surface area contributed by atoms with Crippen molar-refractivity contribution in [2.24, 2.45) is 5.73 Å². The second kappa shape index (κ2) is 6.33. The zero-order chi connectivity index (χ0) is 18.5. The third kappa shape index (κ3) is 2.80. The number of nitrogens with zero attached hydrogens (tertiary/aromatic N) is 5. The Labute approximate surface area is 160 Å². The topological polar surface area (TPSA) is 95.7 Å². The molecule has 1 aliphatic rings. The molecule has 0 radical (unpaired) electrons. The van der Waals surface area contributed by atoms with Crippen LogP contribution in [-0.2, 0) is 5.54 Å². The first-order chi connectivity index (χ1) is 12.4. The summed E-state index contributed by atoms with van der Waals surface area (Å²) in [5, 5.41) is 9.53. The molecule has 4 rings (SSSR count). The minimum absolute atomic E-state index is 0.0819. The third-order valence-corrected chi connectivity index (χ3v) is 5.22. The Morgan fingerprint density at radius 2 is 1.88 bits per heavy atom. The van der Waals surface area contributed by atoms with Crippen LogP contribution in [0.15, 0.2) is 22.7 Å². The Bertz CT molecular complexity index is 940. The summed E-state index contributed by atoms with van der Waals surface area (Å²) in [6, 6.07) is 5.30. The predicted octanol–water partition coefficient (Wildman–Crippen LogP) is 4.09. The van der Waals surface area contributed by atoms with Gasteiger partial charge in [0.05, 0.1) is 15.6 Å². The second-order valence-corrected chi connectivity index (χ2v) is 7.68. The van der Waals surface area contributed by atoms with Crippen LogP contribution in [0.3, 0.4) is 0 Å². The summed E-state index contributed by atoms with van der Waals surface area (Å²) in [6.45, 7) is 4.02. The third-order valence-electron chi connectivity index (χ3n) is 4.61. The fourth-order valence-corrected chi connectivity index (χ4v) is 3.50. The molecule has 1 fully saturated rings. The van der Waals surface area contributed by atoms with E-state index in [-0.39, 0.29) is 11.8 Å². The van der Waals surface area contributed by atoms with Crippen molar-refractivity contribution in [3.8, 4) is 17.4 Å². The Morgan fingerprint density at radius 3 is 2.46 bits per heavy atom. The molecule has 7 nitrogen and oxygen atoms in total. The molecule has 0 bridgehead atoms. The second-order valence-electron chi connectivity index (χ2n) is 6.86. The molecule has 0 amide bonds. The van der Waals surface area contributed by atoms with Gasteiger partial charge < -0.3 is 10.3 Å². The zero-order valence-corrected chi connectivity index (χ0v) is 15.9. The Hall–Kier alpha value is -1.96. The fraction of sp³-hybridized carbons (Fsp3) is 0.412. The molecule has 3 aromatic rings. The molecular formula is C17H18Cl2N6O. The summed E-state index contributed by atoms with van der Waals surface area (Å²) >= 11 is 12.7.